The van der Waals surface area contributed by atoms with Crippen LogP contribution in [0.15, 0.2) is 40.3 Å². The zero-order chi connectivity index (χ0) is 15.4. The first kappa shape index (κ1) is 15.0. The molecule has 1 aromatic rings. The van der Waals surface area contributed by atoms with Crippen molar-refractivity contribution in [1.29, 1.82) is 0 Å². The molecule has 118 valence electrons. The largest absolute Gasteiger partial charge is 0.378 e. The molecule has 1 atom stereocenters. The Hall–Kier alpha value is -1.92. The third kappa shape index (κ3) is 3.64. The van der Waals surface area contributed by atoms with Crippen LogP contribution in [0.2, 0.25) is 0 Å². The van der Waals surface area contributed by atoms with Gasteiger partial charge in [0.05, 0.1) is 25.0 Å². The van der Waals surface area contributed by atoms with E-state index in [0.29, 0.717) is 13.2 Å². The molecule has 3 rings (SSSR count). The number of amidine groups is 1. The topological polar surface area (TPSA) is 49.7 Å². The van der Waals surface area contributed by atoms with Gasteiger partial charge in [0.25, 0.3) is 0 Å². The average molecular weight is 302 g/mol. The van der Waals surface area contributed by atoms with Crippen LogP contribution in [0, 0.1) is 0 Å². The van der Waals surface area contributed by atoms with Crippen LogP contribution in [-0.2, 0) is 9.57 Å². The maximum atomic E-state index is 5.62. The number of guanidine groups is 1. The minimum atomic E-state index is 0.159. The van der Waals surface area contributed by atoms with Crippen molar-refractivity contribution in [2.45, 2.75) is 19.4 Å². The van der Waals surface area contributed by atoms with Crippen LogP contribution in [0.5, 0.6) is 0 Å². The van der Waals surface area contributed by atoms with Crippen LogP contribution in [0.3, 0.4) is 0 Å². The number of hydrogen-bond donors (Lipinski definition) is 0. The third-order valence-corrected chi connectivity index (χ3v) is 3.68. The number of hydroxylamine groups is 2. The van der Waals surface area contributed by atoms with Crippen molar-refractivity contribution in [2.75, 3.05) is 33.4 Å². The number of para-hydroxylation sites is 1. The number of nitrogens with zero attached hydrogens (tertiary/aromatic N) is 4. The molecule has 2 aliphatic heterocycles. The van der Waals surface area contributed by atoms with Gasteiger partial charge >= 0.3 is 0 Å². The van der Waals surface area contributed by atoms with Gasteiger partial charge in [-0.25, -0.2) is 10.1 Å². The molecule has 0 bridgehead atoms. The Morgan fingerprint density at radius 1 is 1.18 bits per heavy atom. The summed E-state index contributed by atoms with van der Waals surface area (Å²) in [6.07, 6.45) is 0.959. The van der Waals surface area contributed by atoms with Crippen LogP contribution in [-0.4, -0.2) is 61.2 Å². The average Bonchev–Trinajstić information content (AvgIpc) is 2.86. The summed E-state index contributed by atoms with van der Waals surface area (Å²) < 4.78 is 5.43. The van der Waals surface area contributed by atoms with Gasteiger partial charge in [-0.15, -0.1) is 0 Å². The summed E-state index contributed by atoms with van der Waals surface area (Å²) in [6.45, 7) is 5.08. The monoisotopic (exact) mass is 302 g/mol. The van der Waals surface area contributed by atoms with Gasteiger partial charge < -0.3 is 9.64 Å². The standard InChI is InChI=1S/C16H22N4O2/c1-13-12-15(19(2)22-13)18-16(20-8-10-21-11-9-20)17-14-6-4-3-5-7-14/h3-7,13H,8-12H2,1-2H3. The Bertz CT molecular complexity index is 553. The van der Waals surface area contributed by atoms with Crippen LogP contribution >= 0.6 is 0 Å². The highest BCUT2D eigenvalue weighted by molar-refractivity contribution is 5.97. The lowest BCUT2D eigenvalue weighted by Gasteiger charge is -2.28. The van der Waals surface area contributed by atoms with Gasteiger partial charge in [0.2, 0.25) is 5.96 Å². The number of rotatable bonds is 1. The first-order valence-corrected chi connectivity index (χ1v) is 7.67. The predicted molar refractivity (Wildman–Crippen MR) is 86.3 cm³/mol. The smallest absolute Gasteiger partial charge is 0.227 e. The molecule has 0 aromatic heterocycles. The summed E-state index contributed by atoms with van der Waals surface area (Å²) in [5.41, 5.74) is 0.906. The summed E-state index contributed by atoms with van der Waals surface area (Å²) >= 11 is 0. The van der Waals surface area contributed by atoms with Crippen LogP contribution in [0.1, 0.15) is 13.3 Å². The fourth-order valence-electron chi connectivity index (χ4n) is 2.53. The number of aliphatic imine (C=N–C) groups is 2. The number of ether oxygens (including phenoxy) is 1. The highest BCUT2D eigenvalue weighted by Crippen LogP contribution is 2.17. The van der Waals surface area contributed by atoms with E-state index in [1.807, 2.05) is 44.3 Å². The molecule has 0 radical (unpaired) electrons. The van der Waals surface area contributed by atoms with Crippen molar-refractivity contribution in [3.05, 3.63) is 30.3 Å². The fourth-order valence-corrected chi connectivity index (χ4v) is 2.53. The van der Waals surface area contributed by atoms with E-state index in [-0.39, 0.29) is 6.10 Å². The summed E-state index contributed by atoms with van der Waals surface area (Å²) in [5, 5.41) is 1.74. The maximum Gasteiger partial charge on any atom is 0.227 e. The van der Waals surface area contributed by atoms with E-state index in [4.69, 9.17) is 19.6 Å². The lowest BCUT2D eigenvalue weighted by molar-refractivity contribution is -0.0889. The SMILES string of the molecule is CC1CC(=NC(=Nc2ccccc2)N2CCOCC2)N(C)O1. The Morgan fingerprint density at radius 3 is 2.55 bits per heavy atom. The summed E-state index contributed by atoms with van der Waals surface area (Å²) in [6, 6.07) is 9.92. The molecule has 2 heterocycles. The molecule has 6 heteroatoms. The van der Waals surface area contributed by atoms with E-state index in [2.05, 4.69) is 4.90 Å². The summed E-state index contributed by atoms with van der Waals surface area (Å²) in [5.74, 6) is 1.64. The molecule has 0 N–H and O–H groups in total. The van der Waals surface area contributed by atoms with Gasteiger partial charge in [-0.05, 0) is 19.1 Å². The molecule has 1 aromatic carbocycles. The number of benzene rings is 1. The Kier molecular flexibility index (Phi) is 4.70. The van der Waals surface area contributed by atoms with Gasteiger partial charge in [0.1, 0.15) is 5.84 Å². The molecule has 0 spiro atoms. The van der Waals surface area contributed by atoms with Crippen molar-refractivity contribution in [3.63, 3.8) is 0 Å². The predicted octanol–water partition coefficient (Wildman–Crippen LogP) is 2.06. The van der Waals surface area contributed by atoms with E-state index >= 15 is 0 Å². The molecule has 0 aliphatic carbocycles. The lowest BCUT2D eigenvalue weighted by Crippen LogP contribution is -2.40. The first-order chi connectivity index (χ1) is 10.7. The second-order valence-electron chi connectivity index (χ2n) is 5.49. The Morgan fingerprint density at radius 2 is 1.91 bits per heavy atom. The molecule has 2 aliphatic rings. The van der Waals surface area contributed by atoms with E-state index < -0.39 is 0 Å². The summed E-state index contributed by atoms with van der Waals surface area (Å²) in [4.78, 5) is 17.3. The third-order valence-electron chi connectivity index (χ3n) is 3.68. The Labute approximate surface area is 131 Å². The van der Waals surface area contributed by atoms with Gasteiger partial charge in [-0.2, -0.15) is 4.99 Å². The van der Waals surface area contributed by atoms with Crippen molar-refractivity contribution >= 4 is 17.5 Å². The number of morpholine rings is 1. The van der Waals surface area contributed by atoms with Crippen molar-refractivity contribution < 1.29 is 9.57 Å². The highest BCUT2D eigenvalue weighted by atomic mass is 16.7. The van der Waals surface area contributed by atoms with Gasteiger partial charge in [0.15, 0.2) is 0 Å². The van der Waals surface area contributed by atoms with Crippen molar-refractivity contribution in [1.82, 2.24) is 9.96 Å². The highest BCUT2D eigenvalue weighted by Gasteiger charge is 2.25. The van der Waals surface area contributed by atoms with E-state index in [1.165, 1.54) is 0 Å². The minimum absolute atomic E-state index is 0.159. The van der Waals surface area contributed by atoms with Crippen LogP contribution in [0.25, 0.3) is 0 Å². The normalized spacial score (nSPS) is 25.1. The molecule has 2 saturated heterocycles. The molecule has 1 unspecified atom stereocenters. The lowest BCUT2D eigenvalue weighted by atomic mass is 10.3. The second kappa shape index (κ2) is 6.89. The molecule has 0 amide bonds. The molecule has 6 nitrogen and oxygen atoms in total. The molecule has 2 fully saturated rings. The second-order valence-corrected chi connectivity index (χ2v) is 5.49. The molecular weight excluding hydrogens is 280 g/mol. The summed E-state index contributed by atoms with van der Waals surface area (Å²) in [7, 11) is 1.89. The minimum Gasteiger partial charge on any atom is -0.378 e. The molecule has 22 heavy (non-hydrogen) atoms. The quantitative estimate of drug-likeness (QED) is 0.588. The van der Waals surface area contributed by atoms with Crippen molar-refractivity contribution in [2.24, 2.45) is 9.98 Å². The van der Waals surface area contributed by atoms with Crippen LogP contribution < -0.4 is 0 Å². The zero-order valence-electron chi connectivity index (χ0n) is 13.1. The fraction of sp³-hybridized carbons (Fsp3) is 0.500. The van der Waals surface area contributed by atoms with Gasteiger partial charge in [0, 0.05) is 26.6 Å². The van der Waals surface area contributed by atoms with E-state index in [0.717, 1.165) is 37.0 Å². The number of hydrogen-bond acceptors (Lipinski definition) is 3. The van der Waals surface area contributed by atoms with Gasteiger partial charge in [-0.1, -0.05) is 18.2 Å². The van der Waals surface area contributed by atoms with E-state index in [1.54, 1.807) is 5.06 Å². The first-order valence-electron chi connectivity index (χ1n) is 7.67. The molecule has 0 saturated carbocycles. The van der Waals surface area contributed by atoms with E-state index in [9.17, 15) is 0 Å². The zero-order valence-corrected chi connectivity index (χ0v) is 13.1. The van der Waals surface area contributed by atoms with Crippen LogP contribution in [0.4, 0.5) is 5.69 Å². The molecular formula is C16H22N4O2. The van der Waals surface area contributed by atoms with Gasteiger partial charge in [-0.3, -0.25) is 4.84 Å². The maximum absolute atomic E-state index is 5.62. The van der Waals surface area contributed by atoms with Crippen molar-refractivity contribution in [3.8, 4) is 0 Å². The Balaban J connectivity index is 1.89.